The molecule has 1 atom stereocenters. The lowest BCUT2D eigenvalue weighted by atomic mass is 10.1. The van der Waals surface area contributed by atoms with Crippen LogP contribution in [0.15, 0.2) is 54.6 Å². The monoisotopic (exact) mass is 396 g/mol. The van der Waals surface area contributed by atoms with E-state index in [-0.39, 0.29) is 11.9 Å². The van der Waals surface area contributed by atoms with Crippen LogP contribution in [-0.2, 0) is 0 Å². The lowest BCUT2D eigenvalue weighted by Gasteiger charge is -2.15. The highest BCUT2D eigenvalue weighted by Gasteiger charge is 2.21. The van der Waals surface area contributed by atoms with Crippen molar-refractivity contribution >= 4 is 17.5 Å². The molecule has 1 N–H and O–H groups in total. The van der Waals surface area contributed by atoms with Crippen molar-refractivity contribution in [2.75, 3.05) is 7.11 Å². The smallest absolute Gasteiger partial charge is 0.253 e. The van der Waals surface area contributed by atoms with E-state index in [1.165, 1.54) is 0 Å². The Hall–Kier alpha value is -2.72. The van der Waals surface area contributed by atoms with Crippen LogP contribution < -0.4 is 10.1 Å². The Morgan fingerprint density at radius 2 is 1.86 bits per heavy atom. The van der Waals surface area contributed by atoms with E-state index >= 15 is 0 Å². The number of benzene rings is 2. The Morgan fingerprint density at radius 3 is 2.46 bits per heavy atom. The summed E-state index contributed by atoms with van der Waals surface area (Å²) in [6.07, 6.45) is 0.876. The van der Waals surface area contributed by atoms with Gasteiger partial charge in [0.25, 0.3) is 5.91 Å². The quantitative estimate of drug-likeness (QED) is 0.585. The summed E-state index contributed by atoms with van der Waals surface area (Å²) < 4.78 is 7.31. The van der Waals surface area contributed by atoms with Gasteiger partial charge in [-0.15, -0.1) is 0 Å². The van der Waals surface area contributed by atoms with Crippen molar-refractivity contribution in [1.82, 2.24) is 9.88 Å². The van der Waals surface area contributed by atoms with Gasteiger partial charge >= 0.3 is 0 Å². The third-order valence-corrected chi connectivity index (χ3v) is 5.28. The summed E-state index contributed by atoms with van der Waals surface area (Å²) >= 11 is 6.49. The van der Waals surface area contributed by atoms with Gasteiger partial charge < -0.3 is 14.6 Å². The number of hydrogen-bond acceptors (Lipinski definition) is 2. The number of rotatable bonds is 6. The van der Waals surface area contributed by atoms with E-state index in [2.05, 4.69) is 12.2 Å². The number of amides is 1. The van der Waals surface area contributed by atoms with Gasteiger partial charge in [0.15, 0.2) is 0 Å². The van der Waals surface area contributed by atoms with Crippen molar-refractivity contribution in [2.45, 2.75) is 33.2 Å². The average molecular weight is 397 g/mol. The lowest BCUT2D eigenvalue weighted by Crippen LogP contribution is -2.32. The molecule has 2 aromatic carbocycles. The zero-order chi connectivity index (χ0) is 20.3. The summed E-state index contributed by atoms with van der Waals surface area (Å²) in [4.78, 5) is 12.9. The molecule has 0 aliphatic carbocycles. The highest BCUT2D eigenvalue weighted by atomic mass is 35.5. The van der Waals surface area contributed by atoms with E-state index in [0.717, 1.165) is 34.8 Å². The number of para-hydroxylation sites is 1. The Balaban J connectivity index is 2.17. The van der Waals surface area contributed by atoms with Crippen molar-refractivity contribution in [3.63, 3.8) is 0 Å². The molecular formula is C23H25ClN2O2. The van der Waals surface area contributed by atoms with Crippen LogP contribution in [-0.4, -0.2) is 23.6 Å². The molecule has 0 saturated heterocycles. The van der Waals surface area contributed by atoms with E-state index in [4.69, 9.17) is 16.3 Å². The minimum atomic E-state index is -0.0765. The van der Waals surface area contributed by atoms with E-state index in [9.17, 15) is 4.79 Å². The standard InChI is InChI=1S/C23H25ClN2O2/c1-5-15(2)25-23(27)19-14-22(17-10-12-18(28-4)13-11-17)26(16(19)3)21-9-7-6-8-20(21)24/h6-15H,5H2,1-4H3,(H,25,27)/t15-/m1/s1. The van der Waals surface area contributed by atoms with Crippen LogP contribution in [0.2, 0.25) is 5.02 Å². The third kappa shape index (κ3) is 3.92. The minimum absolute atomic E-state index is 0.0765. The van der Waals surface area contributed by atoms with Gasteiger partial charge in [-0.25, -0.2) is 0 Å². The highest BCUT2D eigenvalue weighted by molar-refractivity contribution is 6.32. The molecule has 0 spiro atoms. The second-order valence-corrected chi connectivity index (χ2v) is 7.23. The van der Waals surface area contributed by atoms with Gasteiger partial charge in [-0.1, -0.05) is 30.7 Å². The molecule has 3 rings (SSSR count). The fourth-order valence-corrected chi connectivity index (χ4v) is 3.38. The Bertz CT molecular complexity index is 977. The summed E-state index contributed by atoms with van der Waals surface area (Å²) in [5.41, 5.74) is 4.22. The Kier molecular flexibility index (Phi) is 6.10. The van der Waals surface area contributed by atoms with Crippen LogP contribution in [0.25, 0.3) is 16.9 Å². The van der Waals surface area contributed by atoms with Gasteiger partial charge in [0.2, 0.25) is 0 Å². The topological polar surface area (TPSA) is 43.3 Å². The van der Waals surface area contributed by atoms with Crippen molar-refractivity contribution < 1.29 is 9.53 Å². The van der Waals surface area contributed by atoms with Crippen molar-refractivity contribution in [2.24, 2.45) is 0 Å². The number of aromatic nitrogens is 1. The summed E-state index contributed by atoms with van der Waals surface area (Å²) in [5, 5.41) is 3.69. The number of methoxy groups -OCH3 is 1. The molecule has 0 radical (unpaired) electrons. The zero-order valence-corrected chi connectivity index (χ0v) is 17.4. The molecule has 28 heavy (non-hydrogen) atoms. The fraction of sp³-hybridized carbons (Fsp3) is 0.261. The first-order valence-corrected chi connectivity index (χ1v) is 9.76. The molecule has 0 unspecified atom stereocenters. The SMILES string of the molecule is CC[C@@H](C)NC(=O)c1cc(-c2ccc(OC)cc2)n(-c2ccccc2Cl)c1C. The van der Waals surface area contributed by atoms with Gasteiger partial charge in [0, 0.05) is 11.7 Å². The van der Waals surface area contributed by atoms with Crippen LogP contribution in [0.5, 0.6) is 5.75 Å². The number of nitrogens with zero attached hydrogens (tertiary/aromatic N) is 1. The molecule has 1 amide bonds. The van der Waals surface area contributed by atoms with Gasteiger partial charge in [0.1, 0.15) is 5.75 Å². The van der Waals surface area contributed by atoms with Crippen molar-refractivity contribution in [3.05, 3.63) is 70.9 Å². The molecule has 0 aliphatic heterocycles. The Labute approximate surface area is 171 Å². The number of ether oxygens (including phenoxy) is 1. The van der Waals surface area contributed by atoms with E-state index in [1.54, 1.807) is 7.11 Å². The first-order valence-electron chi connectivity index (χ1n) is 9.38. The first-order chi connectivity index (χ1) is 13.5. The summed E-state index contributed by atoms with van der Waals surface area (Å²) in [6.45, 7) is 6.00. The molecule has 146 valence electrons. The predicted molar refractivity (Wildman–Crippen MR) is 115 cm³/mol. The molecule has 0 saturated carbocycles. The number of nitrogens with one attached hydrogen (secondary N) is 1. The van der Waals surface area contributed by atoms with E-state index in [0.29, 0.717) is 10.6 Å². The molecule has 5 heteroatoms. The largest absolute Gasteiger partial charge is 0.497 e. The normalized spacial score (nSPS) is 11.9. The van der Waals surface area contributed by atoms with Crippen molar-refractivity contribution in [3.8, 4) is 22.7 Å². The van der Waals surface area contributed by atoms with Gasteiger partial charge in [0.05, 0.1) is 29.1 Å². The van der Waals surface area contributed by atoms with Gasteiger partial charge in [-0.2, -0.15) is 0 Å². The molecule has 0 fully saturated rings. The van der Waals surface area contributed by atoms with Crippen LogP contribution in [0, 0.1) is 6.92 Å². The number of carbonyl (C=O) groups is 1. The average Bonchev–Trinajstić information content (AvgIpc) is 3.05. The number of halogens is 1. The molecule has 1 heterocycles. The van der Waals surface area contributed by atoms with E-state index in [1.807, 2.05) is 73.0 Å². The predicted octanol–water partition coefficient (Wildman–Crippen LogP) is 5.64. The molecule has 0 aliphatic rings. The number of hydrogen-bond donors (Lipinski definition) is 1. The fourth-order valence-electron chi connectivity index (χ4n) is 3.16. The van der Waals surface area contributed by atoms with Gasteiger partial charge in [-0.05, 0) is 68.3 Å². The summed E-state index contributed by atoms with van der Waals surface area (Å²) in [5.74, 6) is 0.707. The summed E-state index contributed by atoms with van der Waals surface area (Å²) in [6, 6.07) is 17.5. The van der Waals surface area contributed by atoms with E-state index < -0.39 is 0 Å². The highest BCUT2D eigenvalue weighted by Crippen LogP contribution is 2.33. The maximum absolute atomic E-state index is 12.9. The number of carbonyl (C=O) groups excluding carboxylic acids is 1. The molecule has 0 bridgehead atoms. The molecular weight excluding hydrogens is 372 g/mol. The van der Waals surface area contributed by atoms with Gasteiger partial charge in [-0.3, -0.25) is 4.79 Å². The van der Waals surface area contributed by atoms with Crippen LogP contribution >= 0.6 is 11.6 Å². The maximum atomic E-state index is 12.9. The molecule has 1 aromatic heterocycles. The van der Waals surface area contributed by atoms with Crippen LogP contribution in [0.4, 0.5) is 0 Å². The minimum Gasteiger partial charge on any atom is -0.497 e. The first kappa shape index (κ1) is 20.0. The maximum Gasteiger partial charge on any atom is 0.253 e. The second kappa shape index (κ2) is 8.53. The molecule has 4 nitrogen and oxygen atoms in total. The van der Waals surface area contributed by atoms with Crippen molar-refractivity contribution in [1.29, 1.82) is 0 Å². The van der Waals surface area contributed by atoms with Crippen LogP contribution in [0.3, 0.4) is 0 Å². The van der Waals surface area contributed by atoms with Crippen LogP contribution in [0.1, 0.15) is 36.3 Å². The lowest BCUT2D eigenvalue weighted by molar-refractivity contribution is 0.0938. The zero-order valence-electron chi connectivity index (χ0n) is 16.6. The Morgan fingerprint density at radius 1 is 1.18 bits per heavy atom. The second-order valence-electron chi connectivity index (χ2n) is 6.83. The third-order valence-electron chi connectivity index (χ3n) is 4.96. The molecule has 3 aromatic rings. The summed E-state index contributed by atoms with van der Waals surface area (Å²) in [7, 11) is 1.64.